The summed E-state index contributed by atoms with van der Waals surface area (Å²) in [5.41, 5.74) is 1.92. The Morgan fingerprint density at radius 2 is 2.00 bits per heavy atom. The highest BCUT2D eigenvalue weighted by molar-refractivity contribution is 7.89. The molecule has 1 aromatic carbocycles. The zero-order chi connectivity index (χ0) is 14.8. The van der Waals surface area contributed by atoms with Crippen LogP contribution < -0.4 is 4.72 Å². The summed E-state index contributed by atoms with van der Waals surface area (Å²) in [6, 6.07) is 6.91. The highest BCUT2D eigenvalue weighted by atomic mass is 32.2. The van der Waals surface area contributed by atoms with Crippen molar-refractivity contribution in [3.63, 3.8) is 0 Å². The van der Waals surface area contributed by atoms with E-state index in [1.807, 2.05) is 26.8 Å². The molecule has 0 spiro atoms. The summed E-state index contributed by atoms with van der Waals surface area (Å²) in [6.07, 6.45) is 0.669. The molecular weight excluding hydrogens is 292 g/mol. The molecule has 0 radical (unpaired) electrons. The van der Waals surface area contributed by atoms with Gasteiger partial charge in [0.1, 0.15) is 0 Å². The molecule has 108 valence electrons. The third-order valence-electron chi connectivity index (χ3n) is 2.94. The van der Waals surface area contributed by atoms with E-state index in [4.69, 9.17) is 0 Å². The maximum atomic E-state index is 12.1. The molecule has 0 unspecified atom stereocenters. The summed E-state index contributed by atoms with van der Waals surface area (Å²) >= 11 is 1.62. The fourth-order valence-corrected chi connectivity index (χ4v) is 4.04. The second-order valence-electron chi connectivity index (χ2n) is 4.71. The Morgan fingerprint density at radius 3 is 2.60 bits per heavy atom. The predicted octanol–water partition coefficient (Wildman–Crippen LogP) is 2.59. The Morgan fingerprint density at radius 1 is 1.25 bits per heavy atom. The first kappa shape index (κ1) is 15.2. The van der Waals surface area contributed by atoms with E-state index >= 15 is 0 Å². The van der Waals surface area contributed by atoms with Gasteiger partial charge in [0.15, 0.2) is 0 Å². The summed E-state index contributed by atoms with van der Waals surface area (Å²) < 4.78 is 26.9. The van der Waals surface area contributed by atoms with Crippen LogP contribution in [0.4, 0.5) is 0 Å². The molecule has 0 amide bonds. The van der Waals surface area contributed by atoms with E-state index in [2.05, 4.69) is 9.71 Å². The van der Waals surface area contributed by atoms with Gasteiger partial charge >= 0.3 is 0 Å². The number of sulfonamides is 1. The maximum Gasteiger partial charge on any atom is 0.240 e. The number of hydrogen-bond donors (Lipinski definition) is 1. The van der Waals surface area contributed by atoms with Crippen molar-refractivity contribution in [2.75, 3.05) is 6.54 Å². The van der Waals surface area contributed by atoms with Crippen molar-refractivity contribution in [3.8, 4) is 0 Å². The molecular formula is C14H18N2O2S2. The van der Waals surface area contributed by atoms with E-state index in [9.17, 15) is 8.42 Å². The molecule has 20 heavy (non-hydrogen) atoms. The smallest absolute Gasteiger partial charge is 0.240 e. The molecule has 4 nitrogen and oxygen atoms in total. The zero-order valence-electron chi connectivity index (χ0n) is 11.8. The van der Waals surface area contributed by atoms with Crippen LogP contribution >= 0.6 is 11.3 Å². The number of rotatable bonds is 5. The van der Waals surface area contributed by atoms with Crippen molar-refractivity contribution in [2.24, 2.45) is 0 Å². The molecule has 1 heterocycles. The Hall–Kier alpha value is -1.24. The second-order valence-corrected chi connectivity index (χ2v) is 7.76. The van der Waals surface area contributed by atoms with Crippen molar-refractivity contribution in [3.05, 3.63) is 45.4 Å². The topological polar surface area (TPSA) is 59.1 Å². The first-order valence-electron chi connectivity index (χ1n) is 6.38. The lowest BCUT2D eigenvalue weighted by Crippen LogP contribution is -2.26. The molecule has 0 aliphatic heterocycles. The molecule has 2 aromatic rings. The van der Waals surface area contributed by atoms with Crippen molar-refractivity contribution in [1.29, 1.82) is 0 Å². The van der Waals surface area contributed by atoms with E-state index < -0.39 is 10.0 Å². The Kier molecular flexibility index (Phi) is 4.57. The van der Waals surface area contributed by atoms with Crippen LogP contribution in [0, 0.1) is 20.8 Å². The van der Waals surface area contributed by atoms with Crippen LogP contribution in [-0.4, -0.2) is 19.9 Å². The molecule has 0 fully saturated rings. The molecule has 2 rings (SSSR count). The Bertz CT molecular complexity index is 706. The van der Waals surface area contributed by atoms with Gasteiger partial charge in [0.05, 0.1) is 15.6 Å². The minimum atomic E-state index is -3.42. The van der Waals surface area contributed by atoms with E-state index in [1.165, 1.54) is 0 Å². The SMILES string of the molecule is Cc1cccc(S(=O)(=O)NCCc2sc(C)nc2C)c1. The summed E-state index contributed by atoms with van der Waals surface area (Å²) in [4.78, 5) is 5.79. The quantitative estimate of drug-likeness (QED) is 0.923. The van der Waals surface area contributed by atoms with Crippen LogP contribution in [0.15, 0.2) is 29.2 Å². The molecule has 0 atom stereocenters. The lowest BCUT2D eigenvalue weighted by atomic mass is 10.2. The number of nitrogens with one attached hydrogen (secondary N) is 1. The summed E-state index contributed by atoms with van der Waals surface area (Å²) in [7, 11) is -3.42. The van der Waals surface area contributed by atoms with Gasteiger partial charge in [-0.2, -0.15) is 0 Å². The summed E-state index contributed by atoms with van der Waals surface area (Å²) in [5, 5.41) is 1.01. The third kappa shape index (κ3) is 3.65. The second kappa shape index (κ2) is 6.03. The number of aromatic nitrogens is 1. The molecule has 0 bridgehead atoms. The van der Waals surface area contributed by atoms with Crippen molar-refractivity contribution in [1.82, 2.24) is 9.71 Å². The summed E-state index contributed by atoms with van der Waals surface area (Å²) in [5.74, 6) is 0. The standard InChI is InChI=1S/C14H18N2O2S2/c1-10-5-4-6-13(9-10)20(17,18)15-8-7-14-11(2)16-12(3)19-14/h4-6,9,15H,7-8H2,1-3H3. The fraction of sp³-hybridized carbons (Fsp3) is 0.357. The lowest BCUT2D eigenvalue weighted by molar-refractivity contribution is 0.581. The molecule has 1 aromatic heterocycles. The number of nitrogens with zero attached hydrogens (tertiary/aromatic N) is 1. The number of thiazole rings is 1. The average molecular weight is 310 g/mol. The van der Waals surface area contributed by atoms with Crippen molar-refractivity contribution >= 4 is 21.4 Å². The van der Waals surface area contributed by atoms with Gasteiger partial charge < -0.3 is 0 Å². The van der Waals surface area contributed by atoms with Gasteiger partial charge in [-0.05, 0) is 44.9 Å². The number of hydrogen-bond acceptors (Lipinski definition) is 4. The fourth-order valence-electron chi connectivity index (χ4n) is 1.97. The van der Waals surface area contributed by atoms with Crippen LogP contribution in [0.2, 0.25) is 0 Å². The van der Waals surface area contributed by atoms with Crippen LogP contribution in [-0.2, 0) is 16.4 Å². The van der Waals surface area contributed by atoms with Crippen molar-refractivity contribution < 1.29 is 8.42 Å². The molecule has 0 saturated heterocycles. The van der Waals surface area contributed by atoms with E-state index in [0.717, 1.165) is 21.1 Å². The largest absolute Gasteiger partial charge is 0.247 e. The zero-order valence-corrected chi connectivity index (χ0v) is 13.4. The van der Waals surface area contributed by atoms with Gasteiger partial charge in [-0.25, -0.2) is 18.1 Å². The lowest BCUT2D eigenvalue weighted by Gasteiger charge is -2.07. The maximum absolute atomic E-state index is 12.1. The highest BCUT2D eigenvalue weighted by Gasteiger charge is 2.14. The molecule has 1 N–H and O–H groups in total. The number of benzene rings is 1. The minimum absolute atomic E-state index is 0.315. The van der Waals surface area contributed by atoms with Gasteiger partial charge in [-0.1, -0.05) is 12.1 Å². The highest BCUT2D eigenvalue weighted by Crippen LogP contribution is 2.17. The van der Waals surface area contributed by atoms with Gasteiger partial charge in [-0.15, -0.1) is 11.3 Å². The molecule has 6 heteroatoms. The van der Waals surface area contributed by atoms with E-state index in [0.29, 0.717) is 17.9 Å². The van der Waals surface area contributed by atoms with Gasteiger partial charge in [-0.3, -0.25) is 0 Å². The number of aryl methyl sites for hydroxylation is 3. The van der Waals surface area contributed by atoms with Crippen LogP contribution in [0.3, 0.4) is 0 Å². The predicted molar refractivity (Wildman–Crippen MR) is 81.7 cm³/mol. The van der Waals surface area contributed by atoms with E-state index in [1.54, 1.807) is 29.5 Å². The monoisotopic (exact) mass is 310 g/mol. The van der Waals surface area contributed by atoms with Crippen LogP contribution in [0.1, 0.15) is 21.1 Å². The van der Waals surface area contributed by atoms with Gasteiger partial charge in [0, 0.05) is 11.4 Å². The first-order valence-corrected chi connectivity index (χ1v) is 8.68. The Balaban J connectivity index is 2.01. The first-order chi connectivity index (χ1) is 9.38. The normalized spacial score (nSPS) is 11.8. The molecule has 0 saturated carbocycles. The minimum Gasteiger partial charge on any atom is -0.247 e. The Labute approximate surface area is 123 Å². The van der Waals surface area contributed by atoms with E-state index in [-0.39, 0.29) is 0 Å². The third-order valence-corrected chi connectivity index (χ3v) is 5.53. The van der Waals surface area contributed by atoms with Crippen molar-refractivity contribution in [2.45, 2.75) is 32.1 Å². The summed E-state index contributed by atoms with van der Waals surface area (Å²) in [6.45, 7) is 6.17. The average Bonchev–Trinajstić information content (AvgIpc) is 2.68. The van der Waals surface area contributed by atoms with Gasteiger partial charge in [0.25, 0.3) is 0 Å². The van der Waals surface area contributed by atoms with Crippen LogP contribution in [0.5, 0.6) is 0 Å². The van der Waals surface area contributed by atoms with Gasteiger partial charge in [0.2, 0.25) is 10.0 Å². The van der Waals surface area contributed by atoms with Crippen LogP contribution in [0.25, 0.3) is 0 Å². The molecule has 0 aliphatic carbocycles. The molecule has 0 aliphatic rings.